The Bertz CT molecular complexity index is 180. The van der Waals surface area contributed by atoms with Gasteiger partial charge in [-0.15, -0.1) is 0 Å². The van der Waals surface area contributed by atoms with Crippen molar-refractivity contribution in [1.29, 1.82) is 5.41 Å². The normalized spacial score (nSPS) is 14.0. The van der Waals surface area contributed by atoms with E-state index in [1.807, 2.05) is 25.2 Å². The molecule has 1 heteroatoms. The lowest BCUT2D eigenvalue weighted by Crippen LogP contribution is -2.09. The van der Waals surface area contributed by atoms with Gasteiger partial charge in [-0.1, -0.05) is 39.0 Å². The van der Waals surface area contributed by atoms with Gasteiger partial charge in [0, 0.05) is 6.21 Å². The van der Waals surface area contributed by atoms with E-state index in [2.05, 4.69) is 20.8 Å². The first-order chi connectivity index (χ1) is 5.02. The number of nitrogens with one attached hydrogen (secondary N) is 1. The maximum Gasteiger partial charge on any atom is 0.0215 e. The highest BCUT2D eigenvalue weighted by atomic mass is 14.4. The summed E-state index contributed by atoms with van der Waals surface area (Å²) in [7, 11) is 0. The standard InChI is InChI=1S/C10H17N/c1-5-6-7-9(8-11)10(2,3)4/h5-8,11H,1-4H3/b6-5-,9-7+,11-8?. The van der Waals surface area contributed by atoms with Crippen molar-refractivity contribution in [3.8, 4) is 0 Å². The molecule has 0 atom stereocenters. The average molecular weight is 151 g/mol. The van der Waals surface area contributed by atoms with Crippen molar-refractivity contribution in [2.24, 2.45) is 5.41 Å². The monoisotopic (exact) mass is 151 g/mol. The van der Waals surface area contributed by atoms with Crippen LogP contribution in [0.4, 0.5) is 0 Å². The second-order valence-electron chi connectivity index (χ2n) is 3.54. The Balaban J connectivity index is 4.53. The zero-order valence-corrected chi connectivity index (χ0v) is 7.81. The van der Waals surface area contributed by atoms with E-state index in [1.165, 1.54) is 6.21 Å². The van der Waals surface area contributed by atoms with Crippen LogP contribution in [-0.4, -0.2) is 6.21 Å². The number of hydrogen-bond donors (Lipinski definition) is 1. The molecule has 0 aliphatic heterocycles. The Morgan fingerprint density at radius 3 is 2.09 bits per heavy atom. The van der Waals surface area contributed by atoms with Crippen molar-refractivity contribution in [3.63, 3.8) is 0 Å². The van der Waals surface area contributed by atoms with Gasteiger partial charge in [-0.2, -0.15) is 0 Å². The van der Waals surface area contributed by atoms with Crippen LogP contribution in [0.3, 0.4) is 0 Å². The minimum absolute atomic E-state index is 0.0846. The zero-order chi connectivity index (χ0) is 8.91. The minimum Gasteiger partial charge on any atom is -0.308 e. The molecule has 0 unspecified atom stereocenters. The highest BCUT2D eigenvalue weighted by molar-refractivity contribution is 5.77. The summed E-state index contributed by atoms with van der Waals surface area (Å²) in [5, 5.41) is 7.17. The molecule has 1 nitrogen and oxygen atoms in total. The van der Waals surface area contributed by atoms with Gasteiger partial charge in [0.15, 0.2) is 0 Å². The Labute approximate surface area is 69.3 Å². The highest BCUT2D eigenvalue weighted by Gasteiger charge is 2.13. The van der Waals surface area contributed by atoms with Gasteiger partial charge in [0.2, 0.25) is 0 Å². The van der Waals surface area contributed by atoms with E-state index in [1.54, 1.807) is 0 Å². The van der Waals surface area contributed by atoms with Gasteiger partial charge in [-0.25, -0.2) is 0 Å². The largest absolute Gasteiger partial charge is 0.308 e. The lowest BCUT2D eigenvalue weighted by atomic mass is 9.87. The topological polar surface area (TPSA) is 23.9 Å². The molecule has 0 spiro atoms. The fourth-order valence-corrected chi connectivity index (χ4v) is 0.715. The number of hydrogen-bond acceptors (Lipinski definition) is 1. The summed E-state index contributed by atoms with van der Waals surface area (Å²) in [6.07, 6.45) is 7.33. The van der Waals surface area contributed by atoms with Crippen molar-refractivity contribution in [1.82, 2.24) is 0 Å². The van der Waals surface area contributed by atoms with Gasteiger partial charge < -0.3 is 5.41 Å². The molecule has 0 aliphatic carbocycles. The van der Waals surface area contributed by atoms with E-state index in [0.717, 1.165) is 5.57 Å². The maximum atomic E-state index is 7.17. The Kier molecular flexibility index (Phi) is 3.80. The van der Waals surface area contributed by atoms with Crippen LogP contribution in [0, 0.1) is 10.8 Å². The summed E-state index contributed by atoms with van der Waals surface area (Å²) in [4.78, 5) is 0. The molecule has 11 heavy (non-hydrogen) atoms. The molecule has 0 saturated carbocycles. The molecule has 0 aromatic heterocycles. The molecule has 0 saturated heterocycles. The van der Waals surface area contributed by atoms with Gasteiger partial charge in [0.05, 0.1) is 0 Å². The number of rotatable bonds is 2. The van der Waals surface area contributed by atoms with Crippen LogP contribution in [0.5, 0.6) is 0 Å². The molecule has 0 aromatic rings. The molecule has 0 amide bonds. The Hall–Kier alpha value is -0.850. The number of allylic oxidation sites excluding steroid dienone is 4. The van der Waals surface area contributed by atoms with Gasteiger partial charge in [0.25, 0.3) is 0 Å². The third kappa shape index (κ3) is 3.76. The lowest BCUT2D eigenvalue weighted by Gasteiger charge is -2.18. The fraction of sp³-hybridized carbons (Fsp3) is 0.500. The van der Waals surface area contributed by atoms with E-state index in [4.69, 9.17) is 5.41 Å². The molecule has 0 bridgehead atoms. The van der Waals surface area contributed by atoms with E-state index in [9.17, 15) is 0 Å². The summed E-state index contributed by atoms with van der Waals surface area (Å²) in [6, 6.07) is 0. The Morgan fingerprint density at radius 1 is 1.27 bits per heavy atom. The van der Waals surface area contributed by atoms with Gasteiger partial charge >= 0.3 is 0 Å². The molecular formula is C10H17N. The van der Waals surface area contributed by atoms with Gasteiger partial charge in [-0.05, 0) is 17.9 Å². The van der Waals surface area contributed by atoms with Crippen LogP contribution in [0.25, 0.3) is 0 Å². The predicted octanol–water partition coefficient (Wildman–Crippen LogP) is 3.18. The van der Waals surface area contributed by atoms with E-state index < -0.39 is 0 Å². The van der Waals surface area contributed by atoms with Crippen LogP contribution >= 0.6 is 0 Å². The highest BCUT2D eigenvalue weighted by Crippen LogP contribution is 2.22. The van der Waals surface area contributed by atoms with E-state index in [0.29, 0.717) is 0 Å². The van der Waals surface area contributed by atoms with Crippen molar-refractivity contribution < 1.29 is 0 Å². The summed E-state index contributed by atoms with van der Waals surface area (Å²) in [5.74, 6) is 0. The van der Waals surface area contributed by atoms with Crippen LogP contribution in [0.15, 0.2) is 23.8 Å². The maximum absolute atomic E-state index is 7.17. The Morgan fingerprint density at radius 2 is 1.82 bits per heavy atom. The quantitative estimate of drug-likeness (QED) is 0.463. The minimum atomic E-state index is 0.0846. The third-order valence-electron chi connectivity index (χ3n) is 1.49. The van der Waals surface area contributed by atoms with E-state index >= 15 is 0 Å². The van der Waals surface area contributed by atoms with E-state index in [-0.39, 0.29) is 5.41 Å². The fourth-order valence-electron chi connectivity index (χ4n) is 0.715. The SMILES string of the molecule is C/C=C\C=C(/C=N)C(C)(C)C. The van der Waals surface area contributed by atoms with Crippen LogP contribution in [0.1, 0.15) is 27.7 Å². The molecule has 0 rings (SSSR count). The van der Waals surface area contributed by atoms with Crippen LogP contribution in [-0.2, 0) is 0 Å². The molecular weight excluding hydrogens is 134 g/mol. The molecule has 0 heterocycles. The van der Waals surface area contributed by atoms with Crippen molar-refractivity contribution in [2.75, 3.05) is 0 Å². The average Bonchev–Trinajstić information content (AvgIpc) is 1.87. The molecule has 1 N–H and O–H groups in total. The van der Waals surface area contributed by atoms with Crippen molar-refractivity contribution in [3.05, 3.63) is 23.8 Å². The summed E-state index contributed by atoms with van der Waals surface area (Å²) >= 11 is 0. The second kappa shape index (κ2) is 4.12. The van der Waals surface area contributed by atoms with Crippen molar-refractivity contribution >= 4 is 6.21 Å². The molecule has 0 aromatic carbocycles. The summed E-state index contributed by atoms with van der Waals surface area (Å²) in [6.45, 7) is 8.29. The zero-order valence-electron chi connectivity index (χ0n) is 7.81. The van der Waals surface area contributed by atoms with Crippen LogP contribution < -0.4 is 0 Å². The van der Waals surface area contributed by atoms with Crippen molar-refractivity contribution in [2.45, 2.75) is 27.7 Å². The van der Waals surface area contributed by atoms with Crippen LogP contribution in [0.2, 0.25) is 0 Å². The third-order valence-corrected chi connectivity index (χ3v) is 1.49. The first-order valence-electron chi connectivity index (χ1n) is 3.86. The molecule has 0 radical (unpaired) electrons. The first-order valence-corrected chi connectivity index (χ1v) is 3.86. The van der Waals surface area contributed by atoms with Gasteiger partial charge in [0.1, 0.15) is 0 Å². The molecule has 0 fully saturated rings. The van der Waals surface area contributed by atoms with Gasteiger partial charge in [-0.3, -0.25) is 0 Å². The lowest BCUT2D eigenvalue weighted by molar-refractivity contribution is 0.526. The molecule has 0 aliphatic rings. The summed E-state index contributed by atoms with van der Waals surface area (Å²) in [5.41, 5.74) is 1.14. The second-order valence-corrected chi connectivity index (χ2v) is 3.54. The predicted molar refractivity (Wildman–Crippen MR) is 51.1 cm³/mol. The first kappa shape index (κ1) is 10.2. The smallest absolute Gasteiger partial charge is 0.0215 e. The molecule has 62 valence electrons. The summed E-state index contributed by atoms with van der Waals surface area (Å²) < 4.78 is 0.